The molecule has 2 nitrogen and oxygen atoms in total. The zero-order valence-electron chi connectivity index (χ0n) is 7.69. The summed E-state index contributed by atoms with van der Waals surface area (Å²) in [5.41, 5.74) is 3.18. The number of halogens is 1. The molecule has 0 radical (unpaired) electrons. The molecule has 2 aromatic rings. The fourth-order valence-electron chi connectivity index (χ4n) is 1.47. The van der Waals surface area contributed by atoms with Gasteiger partial charge in [-0.25, -0.2) is 4.98 Å². The van der Waals surface area contributed by atoms with Crippen molar-refractivity contribution < 1.29 is 0 Å². The Morgan fingerprint density at radius 3 is 2.92 bits per heavy atom. The Hall–Kier alpha value is -1.02. The Morgan fingerprint density at radius 1 is 1.46 bits per heavy atom. The summed E-state index contributed by atoms with van der Waals surface area (Å²) < 4.78 is 0. The third-order valence-corrected chi connectivity index (χ3v) is 2.50. The topological polar surface area (TPSA) is 28.7 Å². The van der Waals surface area contributed by atoms with E-state index in [1.54, 1.807) is 0 Å². The van der Waals surface area contributed by atoms with E-state index in [-0.39, 0.29) is 0 Å². The number of nitrogens with one attached hydrogen (secondary N) is 1. The summed E-state index contributed by atoms with van der Waals surface area (Å²) in [4.78, 5) is 7.50. The van der Waals surface area contributed by atoms with Gasteiger partial charge in [0.2, 0.25) is 0 Å². The second-order valence-electron chi connectivity index (χ2n) is 3.14. The van der Waals surface area contributed by atoms with E-state index in [4.69, 9.17) is 11.6 Å². The molecule has 0 aliphatic carbocycles. The lowest BCUT2D eigenvalue weighted by Gasteiger charge is -1.99. The van der Waals surface area contributed by atoms with Gasteiger partial charge in [0.25, 0.3) is 0 Å². The minimum Gasteiger partial charge on any atom is -0.342 e. The van der Waals surface area contributed by atoms with Crippen LogP contribution in [0.15, 0.2) is 12.1 Å². The monoisotopic (exact) mass is 194 g/mol. The molecule has 0 fully saturated rings. The van der Waals surface area contributed by atoms with Gasteiger partial charge in [-0.3, -0.25) is 0 Å². The van der Waals surface area contributed by atoms with Gasteiger partial charge >= 0.3 is 0 Å². The second kappa shape index (κ2) is 3.04. The van der Waals surface area contributed by atoms with Crippen LogP contribution in [-0.4, -0.2) is 9.97 Å². The summed E-state index contributed by atoms with van der Waals surface area (Å²) >= 11 is 6.06. The zero-order chi connectivity index (χ0) is 9.42. The van der Waals surface area contributed by atoms with E-state index in [0.717, 1.165) is 33.9 Å². The van der Waals surface area contributed by atoms with E-state index in [9.17, 15) is 0 Å². The lowest BCUT2D eigenvalue weighted by Crippen LogP contribution is -1.82. The first kappa shape index (κ1) is 8.57. The van der Waals surface area contributed by atoms with Crippen molar-refractivity contribution in [2.24, 2.45) is 0 Å². The Balaban J connectivity index is 2.72. The summed E-state index contributed by atoms with van der Waals surface area (Å²) in [5, 5.41) is 0.807. The minimum absolute atomic E-state index is 0.807. The van der Waals surface area contributed by atoms with E-state index in [0.29, 0.717) is 0 Å². The molecular formula is C10H11ClN2. The minimum atomic E-state index is 0.807. The first-order valence-corrected chi connectivity index (χ1v) is 4.73. The largest absolute Gasteiger partial charge is 0.342 e. The van der Waals surface area contributed by atoms with Crippen LogP contribution in [0, 0.1) is 6.92 Å². The fourth-order valence-corrected chi connectivity index (χ4v) is 1.77. The quantitative estimate of drug-likeness (QED) is 0.743. The Bertz CT molecular complexity index is 445. The summed E-state index contributed by atoms with van der Waals surface area (Å²) in [6, 6.07) is 3.98. The van der Waals surface area contributed by atoms with Crippen molar-refractivity contribution in [2.75, 3.05) is 0 Å². The van der Waals surface area contributed by atoms with Crippen LogP contribution in [-0.2, 0) is 6.42 Å². The summed E-state index contributed by atoms with van der Waals surface area (Å²) in [6.45, 7) is 4.04. The fraction of sp³-hybridized carbons (Fsp3) is 0.300. The average Bonchev–Trinajstić information content (AvgIpc) is 2.42. The highest BCUT2D eigenvalue weighted by atomic mass is 35.5. The van der Waals surface area contributed by atoms with Crippen LogP contribution in [0.25, 0.3) is 11.0 Å². The molecule has 0 atom stereocenters. The number of hydrogen-bond acceptors (Lipinski definition) is 1. The molecule has 0 unspecified atom stereocenters. The van der Waals surface area contributed by atoms with Crippen molar-refractivity contribution in [1.29, 1.82) is 0 Å². The molecule has 2 rings (SSSR count). The lowest BCUT2D eigenvalue weighted by molar-refractivity contribution is 1.14. The number of fused-ring (bicyclic) bond motifs is 1. The Morgan fingerprint density at radius 2 is 2.23 bits per heavy atom. The van der Waals surface area contributed by atoms with Crippen molar-refractivity contribution in [3.63, 3.8) is 0 Å². The van der Waals surface area contributed by atoms with Crippen LogP contribution >= 0.6 is 11.6 Å². The van der Waals surface area contributed by atoms with Crippen molar-refractivity contribution in [3.05, 3.63) is 28.5 Å². The molecule has 1 aromatic carbocycles. The molecule has 0 amide bonds. The molecule has 0 saturated carbocycles. The second-order valence-corrected chi connectivity index (χ2v) is 3.54. The third kappa shape index (κ3) is 1.42. The molecule has 13 heavy (non-hydrogen) atoms. The molecule has 0 saturated heterocycles. The zero-order valence-corrected chi connectivity index (χ0v) is 8.44. The molecule has 1 heterocycles. The van der Waals surface area contributed by atoms with Crippen LogP contribution in [0.4, 0.5) is 0 Å². The summed E-state index contributed by atoms with van der Waals surface area (Å²) in [5.74, 6) is 0.930. The first-order chi connectivity index (χ1) is 6.20. The van der Waals surface area contributed by atoms with Gasteiger partial charge in [0.05, 0.1) is 11.0 Å². The number of aromatic amines is 1. The van der Waals surface area contributed by atoms with Crippen LogP contribution < -0.4 is 0 Å². The lowest BCUT2D eigenvalue weighted by atomic mass is 10.1. The highest BCUT2D eigenvalue weighted by molar-refractivity contribution is 6.32. The number of nitrogens with zero attached hydrogens (tertiary/aromatic N) is 1. The smallest absolute Gasteiger partial charge is 0.104 e. The van der Waals surface area contributed by atoms with E-state index < -0.39 is 0 Å². The van der Waals surface area contributed by atoms with E-state index in [1.165, 1.54) is 0 Å². The highest BCUT2D eigenvalue weighted by Crippen LogP contribution is 2.22. The van der Waals surface area contributed by atoms with Gasteiger partial charge in [0.1, 0.15) is 5.82 Å². The molecule has 0 aliphatic rings. The predicted molar refractivity (Wildman–Crippen MR) is 55.2 cm³/mol. The summed E-state index contributed by atoms with van der Waals surface area (Å²) in [7, 11) is 0. The van der Waals surface area contributed by atoms with Gasteiger partial charge < -0.3 is 4.98 Å². The van der Waals surface area contributed by atoms with Gasteiger partial charge in [0, 0.05) is 5.02 Å². The SMILES string of the molecule is CCc1cc2[nH]c(C)nc2cc1Cl. The van der Waals surface area contributed by atoms with Gasteiger partial charge in [-0.05, 0) is 31.0 Å². The number of benzene rings is 1. The molecule has 0 aliphatic heterocycles. The maximum atomic E-state index is 6.06. The number of aryl methyl sites for hydroxylation is 2. The molecule has 68 valence electrons. The predicted octanol–water partition coefficient (Wildman–Crippen LogP) is 3.09. The molecule has 1 aromatic heterocycles. The third-order valence-electron chi connectivity index (χ3n) is 2.15. The standard InChI is InChI=1S/C10H11ClN2/c1-3-7-4-9-10(5-8(7)11)13-6(2)12-9/h4-5H,3H2,1-2H3,(H,12,13). The molecule has 3 heteroatoms. The van der Waals surface area contributed by atoms with Gasteiger partial charge in [-0.2, -0.15) is 0 Å². The molecule has 1 N–H and O–H groups in total. The van der Waals surface area contributed by atoms with E-state index in [2.05, 4.69) is 23.0 Å². The van der Waals surface area contributed by atoms with Gasteiger partial charge in [-0.1, -0.05) is 18.5 Å². The van der Waals surface area contributed by atoms with Crippen molar-refractivity contribution in [2.45, 2.75) is 20.3 Å². The molecular weight excluding hydrogens is 184 g/mol. The van der Waals surface area contributed by atoms with Crippen molar-refractivity contribution in [3.8, 4) is 0 Å². The van der Waals surface area contributed by atoms with Gasteiger partial charge in [-0.15, -0.1) is 0 Å². The highest BCUT2D eigenvalue weighted by Gasteiger charge is 2.04. The first-order valence-electron chi connectivity index (χ1n) is 4.35. The number of aromatic nitrogens is 2. The number of hydrogen-bond donors (Lipinski definition) is 1. The maximum absolute atomic E-state index is 6.06. The van der Waals surface area contributed by atoms with Crippen LogP contribution in [0.5, 0.6) is 0 Å². The normalized spacial score (nSPS) is 11.0. The number of imidazole rings is 1. The van der Waals surface area contributed by atoms with E-state index in [1.807, 2.05) is 13.0 Å². The Kier molecular flexibility index (Phi) is 2.00. The number of H-pyrrole nitrogens is 1. The summed E-state index contributed by atoms with van der Waals surface area (Å²) in [6.07, 6.45) is 0.951. The van der Waals surface area contributed by atoms with Crippen molar-refractivity contribution >= 4 is 22.6 Å². The van der Waals surface area contributed by atoms with E-state index >= 15 is 0 Å². The maximum Gasteiger partial charge on any atom is 0.104 e. The van der Waals surface area contributed by atoms with Crippen LogP contribution in [0.1, 0.15) is 18.3 Å². The average molecular weight is 195 g/mol. The van der Waals surface area contributed by atoms with Crippen molar-refractivity contribution in [1.82, 2.24) is 9.97 Å². The van der Waals surface area contributed by atoms with Gasteiger partial charge in [0.15, 0.2) is 0 Å². The van der Waals surface area contributed by atoms with Crippen LogP contribution in [0.3, 0.4) is 0 Å². The number of rotatable bonds is 1. The van der Waals surface area contributed by atoms with Crippen LogP contribution in [0.2, 0.25) is 5.02 Å². The molecule has 0 spiro atoms. The molecule has 0 bridgehead atoms. The Labute approximate surface area is 81.9 Å².